The molecular weight excluding hydrogens is 388 g/mol. The van der Waals surface area contributed by atoms with E-state index in [1.165, 1.54) is 7.11 Å². The summed E-state index contributed by atoms with van der Waals surface area (Å²) in [5.74, 6) is -1.94. The number of ether oxygens (including phenoxy) is 2. The molecule has 30 heavy (non-hydrogen) atoms. The minimum absolute atomic E-state index is 0.0547. The zero-order chi connectivity index (χ0) is 21.3. The summed E-state index contributed by atoms with van der Waals surface area (Å²) in [5.41, 5.74) is 2.88. The first-order valence-electron chi connectivity index (χ1n) is 9.63. The molecule has 1 fully saturated rings. The number of hydrogen-bond donors (Lipinski definition) is 3. The number of nitrogens with one attached hydrogen (secondary N) is 2. The number of benzene rings is 2. The van der Waals surface area contributed by atoms with Crippen LogP contribution >= 0.6 is 0 Å². The van der Waals surface area contributed by atoms with Crippen LogP contribution in [0, 0.1) is 0 Å². The lowest BCUT2D eigenvalue weighted by molar-refractivity contribution is -0.147. The van der Waals surface area contributed by atoms with Crippen LogP contribution in [0.5, 0.6) is 0 Å². The first-order valence-corrected chi connectivity index (χ1v) is 9.63. The molecule has 8 nitrogen and oxygen atoms in total. The number of alkyl carbamates (subject to hydrolysis) is 1. The standard InChI is InChI=1S/C22H22N2O6/c1-29-20(27)22(10-18(19(25)26)23-12-22)24-21(28)30-11-17-15-8-4-2-6-13(15)14-7-3-5-9-16(14)17/h2-9,17-18,23H,10-12H2,1H3,(H,24,28)(H,25,26)/t18?,22-/m0/s1. The van der Waals surface area contributed by atoms with Gasteiger partial charge >= 0.3 is 18.0 Å². The molecule has 0 spiro atoms. The van der Waals surface area contributed by atoms with E-state index in [4.69, 9.17) is 9.47 Å². The van der Waals surface area contributed by atoms with E-state index in [-0.39, 0.29) is 25.5 Å². The second kappa shape index (κ2) is 7.79. The second-order valence-corrected chi connectivity index (χ2v) is 7.50. The number of carboxylic acid groups (broad SMARTS) is 1. The van der Waals surface area contributed by atoms with Crippen molar-refractivity contribution in [1.82, 2.24) is 10.6 Å². The molecule has 2 aromatic carbocycles. The Labute approximate surface area is 173 Å². The minimum Gasteiger partial charge on any atom is -0.480 e. The molecule has 8 heteroatoms. The number of aliphatic carboxylic acids is 1. The molecule has 2 aromatic rings. The van der Waals surface area contributed by atoms with Crippen LogP contribution in [0.4, 0.5) is 4.79 Å². The summed E-state index contributed by atoms with van der Waals surface area (Å²) >= 11 is 0. The average molecular weight is 410 g/mol. The summed E-state index contributed by atoms with van der Waals surface area (Å²) in [4.78, 5) is 36.1. The number of methoxy groups -OCH3 is 1. The van der Waals surface area contributed by atoms with E-state index >= 15 is 0 Å². The number of carboxylic acids is 1. The quantitative estimate of drug-likeness (QED) is 0.645. The highest BCUT2D eigenvalue weighted by Gasteiger charge is 2.50. The van der Waals surface area contributed by atoms with Crippen molar-refractivity contribution in [3.63, 3.8) is 0 Å². The zero-order valence-corrected chi connectivity index (χ0v) is 16.4. The summed E-state index contributed by atoms with van der Waals surface area (Å²) in [6.07, 6.45) is -0.922. The summed E-state index contributed by atoms with van der Waals surface area (Å²) in [6, 6.07) is 15.0. The maximum Gasteiger partial charge on any atom is 0.408 e. The van der Waals surface area contributed by atoms with Gasteiger partial charge in [0.15, 0.2) is 5.54 Å². The van der Waals surface area contributed by atoms with E-state index < -0.39 is 29.6 Å². The zero-order valence-electron chi connectivity index (χ0n) is 16.4. The Morgan fingerprint density at radius 1 is 1.10 bits per heavy atom. The molecule has 2 aliphatic rings. The van der Waals surface area contributed by atoms with Gasteiger partial charge in [-0.15, -0.1) is 0 Å². The molecule has 3 N–H and O–H groups in total. The van der Waals surface area contributed by atoms with Gasteiger partial charge in [0.25, 0.3) is 0 Å². The highest BCUT2D eigenvalue weighted by Crippen LogP contribution is 2.44. The SMILES string of the molecule is COC(=O)[C@@]1(NC(=O)OCC2c3ccccc3-c3ccccc32)CNC(C(=O)O)C1. The highest BCUT2D eigenvalue weighted by atomic mass is 16.6. The van der Waals surface area contributed by atoms with E-state index in [1.54, 1.807) is 0 Å². The molecule has 1 unspecified atom stereocenters. The van der Waals surface area contributed by atoms with Crippen LogP contribution in [0.25, 0.3) is 11.1 Å². The monoisotopic (exact) mass is 410 g/mol. The molecule has 1 heterocycles. The van der Waals surface area contributed by atoms with Crippen molar-refractivity contribution in [2.75, 3.05) is 20.3 Å². The molecule has 2 atom stereocenters. The van der Waals surface area contributed by atoms with Crippen molar-refractivity contribution in [3.8, 4) is 11.1 Å². The fourth-order valence-corrected chi connectivity index (χ4v) is 4.29. The smallest absolute Gasteiger partial charge is 0.408 e. The Morgan fingerprint density at radius 2 is 1.70 bits per heavy atom. The third-order valence-corrected chi connectivity index (χ3v) is 5.76. The molecule has 1 saturated heterocycles. The van der Waals surface area contributed by atoms with Crippen LogP contribution in [-0.2, 0) is 19.1 Å². The van der Waals surface area contributed by atoms with Gasteiger partial charge in [0.2, 0.25) is 0 Å². The lowest BCUT2D eigenvalue weighted by Crippen LogP contribution is -2.56. The normalized spacial score (nSPS) is 22.1. The number of fused-ring (bicyclic) bond motifs is 3. The lowest BCUT2D eigenvalue weighted by Gasteiger charge is -2.26. The molecule has 0 radical (unpaired) electrons. The molecule has 0 saturated carbocycles. The highest BCUT2D eigenvalue weighted by molar-refractivity contribution is 5.88. The Hall–Kier alpha value is -3.39. The van der Waals surface area contributed by atoms with Crippen molar-refractivity contribution in [2.24, 2.45) is 0 Å². The van der Waals surface area contributed by atoms with Gasteiger partial charge in [0, 0.05) is 18.9 Å². The van der Waals surface area contributed by atoms with Gasteiger partial charge in [-0.3, -0.25) is 4.79 Å². The van der Waals surface area contributed by atoms with E-state index in [0.717, 1.165) is 22.3 Å². The van der Waals surface area contributed by atoms with Gasteiger partial charge < -0.3 is 25.2 Å². The number of esters is 1. The van der Waals surface area contributed by atoms with Crippen molar-refractivity contribution in [2.45, 2.75) is 23.9 Å². The van der Waals surface area contributed by atoms with Gasteiger partial charge in [-0.1, -0.05) is 48.5 Å². The predicted molar refractivity (Wildman–Crippen MR) is 107 cm³/mol. The van der Waals surface area contributed by atoms with E-state index in [2.05, 4.69) is 10.6 Å². The summed E-state index contributed by atoms with van der Waals surface area (Å²) < 4.78 is 10.3. The molecule has 1 aliphatic carbocycles. The van der Waals surface area contributed by atoms with Crippen LogP contribution in [0.3, 0.4) is 0 Å². The maximum atomic E-state index is 12.6. The fourth-order valence-electron chi connectivity index (χ4n) is 4.29. The van der Waals surface area contributed by atoms with Crippen molar-refractivity contribution in [3.05, 3.63) is 59.7 Å². The number of carbonyl (C=O) groups excluding carboxylic acids is 2. The summed E-state index contributed by atoms with van der Waals surface area (Å²) in [5, 5.41) is 14.5. The third-order valence-electron chi connectivity index (χ3n) is 5.76. The second-order valence-electron chi connectivity index (χ2n) is 7.50. The van der Waals surface area contributed by atoms with Crippen molar-refractivity contribution in [1.29, 1.82) is 0 Å². The first-order chi connectivity index (χ1) is 14.4. The van der Waals surface area contributed by atoms with Gasteiger partial charge in [0.1, 0.15) is 12.6 Å². The van der Waals surface area contributed by atoms with Crippen LogP contribution < -0.4 is 10.6 Å². The molecule has 156 valence electrons. The maximum absolute atomic E-state index is 12.6. The van der Waals surface area contributed by atoms with Gasteiger partial charge in [-0.2, -0.15) is 0 Å². The average Bonchev–Trinajstić information content (AvgIpc) is 3.32. The van der Waals surface area contributed by atoms with E-state index in [9.17, 15) is 19.5 Å². The Bertz CT molecular complexity index is 961. The summed E-state index contributed by atoms with van der Waals surface area (Å²) in [7, 11) is 1.19. The number of amides is 1. The molecule has 0 aromatic heterocycles. The van der Waals surface area contributed by atoms with Crippen LogP contribution in [0.1, 0.15) is 23.5 Å². The van der Waals surface area contributed by atoms with Gasteiger partial charge in [-0.05, 0) is 22.3 Å². The topological polar surface area (TPSA) is 114 Å². The van der Waals surface area contributed by atoms with Gasteiger partial charge in [0.05, 0.1) is 7.11 Å². The molecule has 1 amide bonds. The van der Waals surface area contributed by atoms with Gasteiger partial charge in [-0.25, -0.2) is 9.59 Å². The molecule has 1 aliphatic heterocycles. The molecule has 4 rings (SSSR count). The van der Waals surface area contributed by atoms with Crippen molar-refractivity contribution < 1.29 is 29.0 Å². The summed E-state index contributed by atoms with van der Waals surface area (Å²) in [6.45, 7) is 0.0355. The number of hydrogen-bond acceptors (Lipinski definition) is 6. The van der Waals surface area contributed by atoms with Crippen LogP contribution in [0.15, 0.2) is 48.5 Å². The number of rotatable bonds is 5. The van der Waals surface area contributed by atoms with Crippen LogP contribution in [-0.4, -0.2) is 55.0 Å². The Balaban J connectivity index is 1.48. The first kappa shape index (κ1) is 19.9. The molecule has 0 bridgehead atoms. The van der Waals surface area contributed by atoms with Crippen molar-refractivity contribution >= 4 is 18.0 Å². The Morgan fingerprint density at radius 3 is 2.23 bits per heavy atom. The largest absolute Gasteiger partial charge is 0.480 e. The van der Waals surface area contributed by atoms with Crippen LogP contribution in [0.2, 0.25) is 0 Å². The third kappa shape index (κ3) is 3.39. The van der Waals surface area contributed by atoms with E-state index in [1.807, 2.05) is 48.5 Å². The van der Waals surface area contributed by atoms with E-state index in [0.29, 0.717) is 0 Å². The fraction of sp³-hybridized carbons (Fsp3) is 0.318. The predicted octanol–water partition coefficient (Wildman–Crippen LogP) is 1.88. The molecular formula is C22H22N2O6. The lowest BCUT2D eigenvalue weighted by atomic mass is 9.96. The Kier molecular flexibility index (Phi) is 5.17. The number of carbonyl (C=O) groups is 3. The minimum atomic E-state index is -1.49.